The van der Waals surface area contributed by atoms with Gasteiger partial charge in [0.2, 0.25) is 10.0 Å². The summed E-state index contributed by atoms with van der Waals surface area (Å²) in [5.41, 5.74) is 1.67. The lowest BCUT2D eigenvalue weighted by Crippen LogP contribution is -2.42. The van der Waals surface area contributed by atoms with Gasteiger partial charge >= 0.3 is 0 Å². The fourth-order valence-corrected chi connectivity index (χ4v) is 4.52. The lowest BCUT2D eigenvalue weighted by atomic mass is 10.1. The smallest absolute Gasteiger partial charge is 0.243 e. The van der Waals surface area contributed by atoms with Gasteiger partial charge < -0.3 is 9.47 Å². The van der Waals surface area contributed by atoms with E-state index in [1.165, 1.54) is 4.31 Å². The van der Waals surface area contributed by atoms with Crippen molar-refractivity contribution >= 4 is 10.0 Å². The van der Waals surface area contributed by atoms with Crippen molar-refractivity contribution in [2.75, 3.05) is 26.8 Å². The highest BCUT2D eigenvalue weighted by Crippen LogP contribution is 2.29. The molecule has 0 spiro atoms. The van der Waals surface area contributed by atoms with E-state index in [1.54, 1.807) is 32.2 Å². The van der Waals surface area contributed by atoms with E-state index in [9.17, 15) is 8.42 Å². The molecule has 1 aliphatic rings. The number of sulfonamides is 1. The van der Waals surface area contributed by atoms with E-state index in [0.29, 0.717) is 35.9 Å². The fraction of sp³-hybridized carbons (Fsp3) is 0.333. The molecule has 0 N–H and O–H groups in total. The first kappa shape index (κ1) is 17.0. The Kier molecular flexibility index (Phi) is 4.89. The Hall–Kier alpha value is -1.89. The highest BCUT2D eigenvalue weighted by atomic mass is 32.2. The maximum atomic E-state index is 13.0. The average molecular weight is 347 g/mol. The molecule has 24 heavy (non-hydrogen) atoms. The molecule has 2 aromatic rings. The quantitative estimate of drug-likeness (QED) is 0.853. The van der Waals surface area contributed by atoms with E-state index in [1.807, 2.05) is 30.3 Å². The molecule has 1 aliphatic heterocycles. The van der Waals surface area contributed by atoms with Crippen molar-refractivity contribution in [3.8, 4) is 5.75 Å². The van der Waals surface area contributed by atoms with Crippen LogP contribution >= 0.6 is 0 Å². The highest BCUT2D eigenvalue weighted by molar-refractivity contribution is 7.89. The molecule has 0 aliphatic carbocycles. The molecule has 3 rings (SSSR count). The van der Waals surface area contributed by atoms with Gasteiger partial charge in [-0.15, -0.1) is 0 Å². The van der Waals surface area contributed by atoms with Crippen molar-refractivity contribution in [3.63, 3.8) is 0 Å². The summed E-state index contributed by atoms with van der Waals surface area (Å²) in [5, 5.41) is 0. The molecule has 128 valence electrons. The molecule has 0 saturated carbocycles. The Morgan fingerprint density at radius 2 is 1.92 bits per heavy atom. The monoisotopic (exact) mass is 347 g/mol. The van der Waals surface area contributed by atoms with E-state index in [-0.39, 0.29) is 6.10 Å². The van der Waals surface area contributed by atoms with Crippen LogP contribution in [-0.2, 0) is 14.8 Å². The first-order chi connectivity index (χ1) is 11.5. The maximum Gasteiger partial charge on any atom is 0.243 e. The zero-order chi connectivity index (χ0) is 17.2. The molecule has 5 nitrogen and oxygen atoms in total. The van der Waals surface area contributed by atoms with Gasteiger partial charge in [0, 0.05) is 13.1 Å². The summed E-state index contributed by atoms with van der Waals surface area (Å²) in [6, 6.07) is 14.7. The Balaban J connectivity index is 1.87. The lowest BCUT2D eigenvalue weighted by Gasteiger charge is -2.32. The number of nitrogens with zero attached hydrogens (tertiary/aromatic N) is 1. The van der Waals surface area contributed by atoms with Gasteiger partial charge in [0.25, 0.3) is 0 Å². The highest BCUT2D eigenvalue weighted by Gasteiger charge is 2.32. The first-order valence-corrected chi connectivity index (χ1v) is 9.27. The second kappa shape index (κ2) is 6.93. The molecule has 1 heterocycles. The molecule has 0 radical (unpaired) electrons. The van der Waals surface area contributed by atoms with Crippen LogP contribution in [0.15, 0.2) is 53.4 Å². The summed E-state index contributed by atoms with van der Waals surface area (Å²) in [5.74, 6) is 0.649. The molecule has 6 heteroatoms. The van der Waals surface area contributed by atoms with E-state index >= 15 is 0 Å². The summed E-state index contributed by atoms with van der Waals surface area (Å²) in [6.07, 6.45) is -0.242. The average Bonchev–Trinajstić information content (AvgIpc) is 2.62. The number of methoxy groups -OCH3 is 1. The fourth-order valence-electron chi connectivity index (χ4n) is 2.89. The number of hydrogen-bond donors (Lipinski definition) is 0. The van der Waals surface area contributed by atoms with Crippen molar-refractivity contribution in [3.05, 3.63) is 59.7 Å². The Labute approximate surface area is 142 Å². The molecule has 1 saturated heterocycles. The van der Waals surface area contributed by atoms with Crippen molar-refractivity contribution in [2.24, 2.45) is 0 Å². The number of ether oxygens (including phenoxy) is 2. The van der Waals surface area contributed by atoms with Crippen molar-refractivity contribution in [1.29, 1.82) is 0 Å². The number of benzene rings is 2. The van der Waals surface area contributed by atoms with Gasteiger partial charge in [0.15, 0.2) is 0 Å². The lowest BCUT2D eigenvalue weighted by molar-refractivity contribution is -0.00256. The van der Waals surface area contributed by atoms with Crippen LogP contribution in [-0.4, -0.2) is 39.5 Å². The van der Waals surface area contributed by atoms with Gasteiger partial charge in [0.1, 0.15) is 5.75 Å². The van der Waals surface area contributed by atoms with Crippen LogP contribution in [0, 0.1) is 6.92 Å². The summed E-state index contributed by atoms with van der Waals surface area (Å²) < 4.78 is 38.5. The van der Waals surface area contributed by atoms with Crippen LogP contribution in [0.4, 0.5) is 0 Å². The van der Waals surface area contributed by atoms with Crippen LogP contribution in [0.5, 0.6) is 5.75 Å². The predicted octanol–water partition coefficient (Wildman–Crippen LogP) is 2.77. The predicted molar refractivity (Wildman–Crippen MR) is 91.6 cm³/mol. The van der Waals surface area contributed by atoms with Crippen LogP contribution in [0.3, 0.4) is 0 Å². The maximum absolute atomic E-state index is 13.0. The third kappa shape index (κ3) is 3.31. The van der Waals surface area contributed by atoms with Gasteiger partial charge in [-0.2, -0.15) is 4.31 Å². The molecule has 1 atom stereocenters. The second-order valence-corrected chi connectivity index (χ2v) is 7.67. The molecule has 0 unspecified atom stereocenters. The van der Waals surface area contributed by atoms with Gasteiger partial charge in [-0.05, 0) is 36.2 Å². The largest absolute Gasteiger partial charge is 0.497 e. The minimum absolute atomic E-state index is 0.242. The van der Waals surface area contributed by atoms with E-state index in [4.69, 9.17) is 9.47 Å². The van der Waals surface area contributed by atoms with Crippen LogP contribution in [0.25, 0.3) is 0 Å². The third-order valence-electron chi connectivity index (χ3n) is 4.20. The van der Waals surface area contributed by atoms with E-state index in [2.05, 4.69) is 0 Å². The van der Waals surface area contributed by atoms with Crippen molar-refractivity contribution in [2.45, 2.75) is 17.9 Å². The summed E-state index contributed by atoms with van der Waals surface area (Å²) in [4.78, 5) is 0.317. The van der Waals surface area contributed by atoms with Gasteiger partial charge in [-0.1, -0.05) is 30.3 Å². The van der Waals surface area contributed by atoms with Crippen LogP contribution in [0.2, 0.25) is 0 Å². The number of morpholine rings is 1. The number of hydrogen-bond acceptors (Lipinski definition) is 4. The zero-order valence-electron chi connectivity index (χ0n) is 13.8. The van der Waals surface area contributed by atoms with E-state index in [0.717, 1.165) is 5.56 Å². The minimum atomic E-state index is -3.56. The molecular weight excluding hydrogens is 326 g/mol. The SMILES string of the molecule is COc1ccc(S(=O)(=O)N2CCO[C@@H](c3ccccc3)C2)c(C)c1. The van der Waals surface area contributed by atoms with Crippen LogP contribution in [0.1, 0.15) is 17.2 Å². The van der Waals surface area contributed by atoms with Crippen LogP contribution < -0.4 is 4.74 Å². The summed E-state index contributed by atoms with van der Waals surface area (Å²) in [7, 11) is -2.00. The van der Waals surface area contributed by atoms with Gasteiger partial charge in [0.05, 0.1) is 24.7 Å². The molecule has 0 amide bonds. The molecule has 0 bridgehead atoms. The summed E-state index contributed by atoms with van der Waals surface area (Å²) >= 11 is 0. The normalized spacial score (nSPS) is 19.2. The Bertz CT molecular complexity index is 805. The van der Waals surface area contributed by atoms with Crippen molar-refractivity contribution < 1.29 is 17.9 Å². The molecular formula is C18H21NO4S. The molecule has 2 aromatic carbocycles. The van der Waals surface area contributed by atoms with Gasteiger partial charge in [-0.3, -0.25) is 0 Å². The summed E-state index contributed by atoms with van der Waals surface area (Å²) in [6.45, 7) is 2.84. The number of aryl methyl sites for hydroxylation is 1. The molecule has 1 fully saturated rings. The van der Waals surface area contributed by atoms with E-state index < -0.39 is 10.0 Å². The van der Waals surface area contributed by atoms with Gasteiger partial charge in [-0.25, -0.2) is 8.42 Å². The first-order valence-electron chi connectivity index (χ1n) is 7.83. The third-order valence-corrected chi connectivity index (χ3v) is 6.23. The molecule has 0 aromatic heterocycles. The Morgan fingerprint density at radius 1 is 1.17 bits per heavy atom. The van der Waals surface area contributed by atoms with Crippen molar-refractivity contribution in [1.82, 2.24) is 4.31 Å². The zero-order valence-corrected chi connectivity index (χ0v) is 14.6. The standard InChI is InChI=1S/C18H21NO4S/c1-14-12-16(22-2)8-9-18(14)24(20,21)19-10-11-23-17(13-19)15-6-4-3-5-7-15/h3-9,12,17H,10-11,13H2,1-2H3/t17-/m1/s1. The topological polar surface area (TPSA) is 55.8 Å². The second-order valence-electron chi connectivity index (χ2n) is 5.76. The minimum Gasteiger partial charge on any atom is -0.497 e. The number of rotatable bonds is 4. The Morgan fingerprint density at radius 3 is 2.58 bits per heavy atom.